The lowest BCUT2D eigenvalue weighted by Gasteiger charge is -2.32. The number of alkyl halides is 3. The molecule has 3 rings (SSSR count). The largest absolute Gasteiger partial charge is 0.573 e. The summed E-state index contributed by atoms with van der Waals surface area (Å²) < 4.78 is 40.9. The standard InChI is InChI=1S/C17H19F3N4OS/c1-21-12-5-7-24(8-6-12)15-10-23-16(11-22-15)26-14-4-2-3-13(9-14)25-17(18,19)20/h2-4,9-12,21H,5-8H2,1H3. The Morgan fingerprint density at radius 2 is 1.96 bits per heavy atom. The Bertz CT molecular complexity index is 719. The maximum Gasteiger partial charge on any atom is 0.573 e. The number of benzene rings is 1. The van der Waals surface area contributed by atoms with Crippen molar-refractivity contribution in [3.05, 3.63) is 36.7 Å². The SMILES string of the molecule is CNC1CCN(c2cnc(Sc3cccc(OC(F)(F)F)c3)cn2)CC1. The van der Waals surface area contributed by atoms with Crippen molar-refractivity contribution in [3.63, 3.8) is 0 Å². The minimum Gasteiger partial charge on any atom is -0.406 e. The van der Waals surface area contributed by atoms with Crippen LogP contribution in [0, 0.1) is 0 Å². The lowest BCUT2D eigenvalue weighted by atomic mass is 10.1. The monoisotopic (exact) mass is 384 g/mol. The number of hydrogen-bond donors (Lipinski definition) is 1. The molecule has 1 aromatic carbocycles. The van der Waals surface area contributed by atoms with Crippen LogP contribution < -0.4 is 15.0 Å². The Labute approximate surface area is 154 Å². The van der Waals surface area contributed by atoms with Crippen molar-refractivity contribution in [2.45, 2.75) is 35.2 Å². The Hall–Kier alpha value is -2.00. The molecule has 5 nitrogen and oxygen atoms in total. The molecule has 26 heavy (non-hydrogen) atoms. The minimum atomic E-state index is -4.70. The maximum atomic E-state index is 12.3. The second-order valence-electron chi connectivity index (χ2n) is 5.89. The van der Waals surface area contributed by atoms with Crippen molar-refractivity contribution in [2.75, 3.05) is 25.0 Å². The lowest BCUT2D eigenvalue weighted by Crippen LogP contribution is -2.41. The van der Waals surface area contributed by atoms with Gasteiger partial charge in [0.1, 0.15) is 16.6 Å². The van der Waals surface area contributed by atoms with Gasteiger partial charge in [0, 0.05) is 24.0 Å². The highest BCUT2D eigenvalue weighted by Crippen LogP contribution is 2.31. The van der Waals surface area contributed by atoms with Crippen molar-refractivity contribution in [1.29, 1.82) is 0 Å². The molecule has 2 heterocycles. The molecule has 0 aliphatic carbocycles. The molecule has 0 radical (unpaired) electrons. The van der Waals surface area contributed by atoms with Crippen LogP contribution in [0.4, 0.5) is 19.0 Å². The number of hydrogen-bond acceptors (Lipinski definition) is 6. The van der Waals surface area contributed by atoms with Crippen LogP contribution in [0.25, 0.3) is 0 Å². The highest BCUT2D eigenvalue weighted by molar-refractivity contribution is 7.99. The molecule has 0 amide bonds. The van der Waals surface area contributed by atoms with Crippen molar-refractivity contribution >= 4 is 17.6 Å². The van der Waals surface area contributed by atoms with Crippen LogP contribution in [0.3, 0.4) is 0 Å². The fourth-order valence-corrected chi connectivity index (χ4v) is 3.55. The number of aromatic nitrogens is 2. The zero-order valence-electron chi connectivity index (χ0n) is 14.2. The first kappa shape index (κ1) is 18.8. The van der Waals surface area contributed by atoms with E-state index in [1.165, 1.54) is 30.0 Å². The van der Waals surface area contributed by atoms with Gasteiger partial charge in [-0.05, 0) is 38.1 Å². The molecule has 1 aliphatic rings. The third kappa shape index (κ3) is 5.25. The zero-order valence-corrected chi connectivity index (χ0v) is 15.0. The average Bonchev–Trinajstić information content (AvgIpc) is 2.61. The summed E-state index contributed by atoms with van der Waals surface area (Å²) in [6.45, 7) is 1.84. The fraction of sp³-hybridized carbons (Fsp3) is 0.412. The van der Waals surface area contributed by atoms with Crippen molar-refractivity contribution in [3.8, 4) is 5.75 Å². The number of anilines is 1. The van der Waals surface area contributed by atoms with Crippen LogP contribution >= 0.6 is 11.8 Å². The predicted molar refractivity (Wildman–Crippen MR) is 93.6 cm³/mol. The van der Waals surface area contributed by atoms with E-state index >= 15 is 0 Å². The third-order valence-corrected chi connectivity index (χ3v) is 5.01. The second-order valence-corrected chi connectivity index (χ2v) is 6.98. The molecule has 0 bridgehead atoms. The quantitative estimate of drug-likeness (QED) is 0.848. The summed E-state index contributed by atoms with van der Waals surface area (Å²) in [5.74, 6) is 0.567. The zero-order chi connectivity index (χ0) is 18.6. The molecule has 0 unspecified atom stereocenters. The van der Waals surface area contributed by atoms with Crippen LogP contribution in [0.5, 0.6) is 5.75 Å². The van der Waals surface area contributed by atoms with Gasteiger partial charge in [-0.3, -0.25) is 0 Å². The number of ether oxygens (including phenoxy) is 1. The first-order chi connectivity index (χ1) is 12.4. The highest BCUT2D eigenvalue weighted by Gasteiger charge is 2.31. The predicted octanol–water partition coefficient (Wildman–Crippen LogP) is 3.71. The van der Waals surface area contributed by atoms with Gasteiger partial charge in [0.25, 0.3) is 0 Å². The van der Waals surface area contributed by atoms with Gasteiger partial charge in [0.05, 0.1) is 12.4 Å². The van der Waals surface area contributed by atoms with E-state index in [1.807, 2.05) is 7.05 Å². The van der Waals surface area contributed by atoms with E-state index in [-0.39, 0.29) is 5.75 Å². The Balaban J connectivity index is 1.62. The molecule has 1 saturated heterocycles. The summed E-state index contributed by atoms with van der Waals surface area (Å²) in [4.78, 5) is 11.6. The molecule has 1 aromatic heterocycles. The van der Waals surface area contributed by atoms with E-state index in [1.54, 1.807) is 18.5 Å². The lowest BCUT2D eigenvalue weighted by molar-refractivity contribution is -0.274. The Morgan fingerprint density at radius 3 is 2.58 bits per heavy atom. The molecule has 1 aliphatic heterocycles. The van der Waals surface area contributed by atoms with Gasteiger partial charge in [-0.15, -0.1) is 13.2 Å². The van der Waals surface area contributed by atoms with E-state index in [0.29, 0.717) is 16.0 Å². The topological polar surface area (TPSA) is 50.3 Å². The first-order valence-corrected chi connectivity index (χ1v) is 9.02. The number of piperidine rings is 1. The summed E-state index contributed by atoms with van der Waals surface area (Å²) in [7, 11) is 1.97. The van der Waals surface area contributed by atoms with Gasteiger partial charge in [-0.2, -0.15) is 0 Å². The van der Waals surface area contributed by atoms with Gasteiger partial charge < -0.3 is 15.0 Å². The average molecular weight is 384 g/mol. The normalized spacial score (nSPS) is 15.9. The Kier molecular flexibility index (Phi) is 5.87. The molecule has 1 fully saturated rings. The van der Waals surface area contributed by atoms with Crippen molar-refractivity contribution < 1.29 is 17.9 Å². The fourth-order valence-electron chi connectivity index (χ4n) is 2.78. The van der Waals surface area contributed by atoms with Crippen LogP contribution in [-0.2, 0) is 0 Å². The van der Waals surface area contributed by atoms with Gasteiger partial charge >= 0.3 is 6.36 Å². The first-order valence-electron chi connectivity index (χ1n) is 8.21. The summed E-state index contributed by atoms with van der Waals surface area (Å²) in [6, 6.07) is 6.35. The smallest absolute Gasteiger partial charge is 0.406 e. The molecule has 0 spiro atoms. The molecule has 2 aromatic rings. The molecule has 140 valence electrons. The highest BCUT2D eigenvalue weighted by atomic mass is 32.2. The van der Waals surface area contributed by atoms with E-state index in [2.05, 4.69) is 24.9 Å². The van der Waals surface area contributed by atoms with Crippen LogP contribution in [0.1, 0.15) is 12.8 Å². The summed E-state index contributed by atoms with van der Waals surface area (Å²) in [5.41, 5.74) is 0. The van der Waals surface area contributed by atoms with Gasteiger partial charge in [0.15, 0.2) is 0 Å². The number of rotatable bonds is 5. The van der Waals surface area contributed by atoms with Crippen molar-refractivity contribution in [2.24, 2.45) is 0 Å². The summed E-state index contributed by atoms with van der Waals surface area (Å²) in [5, 5.41) is 3.90. The number of nitrogens with zero attached hydrogens (tertiary/aromatic N) is 3. The van der Waals surface area contributed by atoms with Crippen LogP contribution in [-0.4, -0.2) is 42.5 Å². The van der Waals surface area contributed by atoms with E-state index in [0.717, 1.165) is 31.7 Å². The van der Waals surface area contributed by atoms with Gasteiger partial charge in [0.2, 0.25) is 0 Å². The summed E-state index contributed by atoms with van der Waals surface area (Å²) in [6.07, 6.45) is 0.756. The molecular formula is C17H19F3N4OS. The maximum absolute atomic E-state index is 12.3. The number of halogens is 3. The van der Waals surface area contributed by atoms with Gasteiger partial charge in [-0.25, -0.2) is 9.97 Å². The second kappa shape index (κ2) is 8.13. The van der Waals surface area contributed by atoms with E-state index < -0.39 is 6.36 Å². The molecule has 0 atom stereocenters. The molecule has 0 saturated carbocycles. The van der Waals surface area contributed by atoms with E-state index in [4.69, 9.17) is 0 Å². The minimum absolute atomic E-state index is 0.250. The van der Waals surface area contributed by atoms with Crippen molar-refractivity contribution in [1.82, 2.24) is 15.3 Å². The van der Waals surface area contributed by atoms with Gasteiger partial charge in [-0.1, -0.05) is 17.8 Å². The summed E-state index contributed by atoms with van der Waals surface area (Å²) >= 11 is 1.24. The van der Waals surface area contributed by atoms with Crippen LogP contribution in [0.15, 0.2) is 46.6 Å². The van der Waals surface area contributed by atoms with E-state index in [9.17, 15) is 13.2 Å². The third-order valence-electron chi connectivity index (χ3n) is 4.10. The molecular weight excluding hydrogens is 365 g/mol. The molecule has 9 heteroatoms. The number of nitrogens with one attached hydrogen (secondary N) is 1. The Morgan fingerprint density at radius 1 is 1.19 bits per heavy atom. The van der Waals surface area contributed by atoms with Crippen LogP contribution in [0.2, 0.25) is 0 Å². The molecule has 1 N–H and O–H groups in total.